The lowest BCUT2D eigenvalue weighted by molar-refractivity contribution is 0.288. The van der Waals surface area contributed by atoms with Gasteiger partial charge in [0.15, 0.2) is 5.82 Å². The van der Waals surface area contributed by atoms with Crippen molar-refractivity contribution in [3.05, 3.63) is 109 Å². The van der Waals surface area contributed by atoms with Crippen LogP contribution in [0, 0.1) is 0 Å². The largest absolute Gasteiger partial charge is 0.438 e. The zero-order valence-corrected chi connectivity index (χ0v) is 22.1. The Morgan fingerprint density at radius 3 is 2.49 bits per heavy atom. The number of hydrogen-bond donors (Lipinski definition) is 3. The van der Waals surface area contributed by atoms with Crippen molar-refractivity contribution in [2.24, 2.45) is 0 Å². The second-order valence-electron chi connectivity index (χ2n) is 9.38. The molecular weight excluding hydrogens is 514 g/mol. The number of rotatable bonds is 9. The lowest BCUT2D eigenvalue weighted by atomic mass is 10.0. The lowest BCUT2D eigenvalue weighted by Crippen LogP contribution is -2.00. The van der Waals surface area contributed by atoms with E-state index in [1.165, 1.54) is 0 Å². The molecule has 0 atom stereocenters. The highest BCUT2D eigenvalue weighted by Crippen LogP contribution is 2.33. The Hall–Kier alpha value is -5.41. The summed E-state index contributed by atoms with van der Waals surface area (Å²) in [5.74, 6) is 1.87. The van der Waals surface area contributed by atoms with E-state index in [0.717, 1.165) is 46.1 Å². The van der Waals surface area contributed by atoms with Crippen molar-refractivity contribution in [1.82, 2.24) is 25.1 Å². The summed E-state index contributed by atoms with van der Waals surface area (Å²) in [6.07, 6.45) is 4.80. The van der Waals surface area contributed by atoms with Gasteiger partial charge in [-0.1, -0.05) is 42.5 Å². The van der Waals surface area contributed by atoms with Gasteiger partial charge in [-0.15, -0.1) is 10.2 Å². The van der Waals surface area contributed by atoms with Crippen molar-refractivity contribution < 1.29 is 9.84 Å². The molecule has 6 aromatic rings. The Morgan fingerprint density at radius 1 is 0.805 bits per heavy atom. The average molecular weight is 542 g/mol. The summed E-state index contributed by atoms with van der Waals surface area (Å²) in [6, 6.07) is 29.3. The molecule has 0 saturated carbocycles. The number of nitrogen functional groups attached to an aromatic ring is 1. The predicted molar refractivity (Wildman–Crippen MR) is 160 cm³/mol. The Morgan fingerprint density at radius 2 is 1.66 bits per heavy atom. The van der Waals surface area contributed by atoms with Crippen LogP contribution in [0.15, 0.2) is 103 Å². The van der Waals surface area contributed by atoms with Crippen molar-refractivity contribution in [2.75, 3.05) is 17.7 Å². The number of nitrogens with zero attached hydrogens (tertiary/aromatic N) is 5. The molecule has 0 amide bonds. The molecule has 6 rings (SSSR count). The van der Waals surface area contributed by atoms with Gasteiger partial charge in [-0.05, 0) is 66.9 Å². The van der Waals surface area contributed by atoms with Gasteiger partial charge in [0.05, 0.1) is 11.3 Å². The van der Waals surface area contributed by atoms with Crippen LogP contribution in [0.25, 0.3) is 33.3 Å². The fourth-order valence-corrected chi connectivity index (χ4v) is 4.61. The number of aromatic nitrogens is 5. The van der Waals surface area contributed by atoms with Crippen LogP contribution in [-0.2, 0) is 6.42 Å². The molecule has 0 fully saturated rings. The third-order valence-electron chi connectivity index (χ3n) is 6.56. The van der Waals surface area contributed by atoms with Crippen LogP contribution in [0.2, 0.25) is 0 Å². The fourth-order valence-electron chi connectivity index (χ4n) is 4.61. The van der Waals surface area contributed by atoms with Crippen LogP contribution in [-0.4, -0.2) is 36.9 Å². The number of benzene rings is 3. The summed E-state index contributed by atoms with van der Waals surface area (Å²) in [5.41, 5.74) is 10.9. The van der Waals surface area contributed by atoms with Crippen LogP contribution in [0.4, 0.5) is 17.5 Å². The van der Waals surface area contributed by atoms with Gasteiger partial charge in [0, 0.05) is 41.0 Å². The van der Waals surface area contributed by atoms with E-state index in [0.29, 0.717) is 28.7 Å². The van der Waals surface area contributed by atoms with E-state index in [4.69, 9.17) is 10.5 Å². The van der Waals surface area contributed by atoms with E-state index in [-0.39, 0.29) is 12.6 Å². The molecule has 0 radical (unpaired) electrons. The number of aliphatic hydroxyl groups is 1. The highest BCUT2D eigenvalue weighted by atomic mass is 16.5. The van der Waals surface area contributed by atoms with Crippen molar-refractivity contribution >= 4 is 28.2 Å². The molecule has 202 valence electrons. The first-order valence-electron chi connectivity index (χ1n) is 13.2. The Kier molecular flexibility index (Phi) is 7.42. The van der Waals surface area contributed by atoms with Crippen molar-refractivity contribution in [3.63, 3.8) is 0 Å². The van der Waals surface area contributed by atoms with E-state index in [1.807, 2.05) is 66.7 Å². The molecule has 0 saturated heterocycles. The molecule has 0 aliphatic heterocycles. The third kappa shape index (κ3) is 5.80. The highest BCUT2D eigenvalue weighted by molar-refractivity contribution is 6.00. The van der Waals surface area contributed by atoms with Gasteiger partial charge in [-0.3, -0.25) is 0 Å². The zero-order valence-electron chi connectivity index (χ0n) is 22.1. The van der Waals surface area contributed by atoms with Crippen molar-refractivity contribution in [1.29, 1.82) is 0 Å². The van der Waals surface area contributed by atoms with Gasteiger partial charge in [0.1, 0.15) is 11.4 Å². The minimum Gasteiger partial charge on any atom is -0.438 e. The number of aliphatic hydroxyl groups excluding tert-OH is 1. The number of ether oxygens (including phenoxy) is 1. The number of nitrogens with one attached hydrogen (secondary N) is 1. The van der Waals surface area contributed by atoms with E-state index >= 15 is 0 Å². The van der Waals surface area contributed by atoms with Crippen LogP contribution >= 0.6 is 0 Å². The summed E-state index contributed by atoms with van der Waals surface area (Å²) in [5, 5.41) is 23.7. The SMILES string of the molecule is Nc1nccc(-c2cccnc2Oc2ccc(Nc3nnc(-c4cccc(CCCO)c4)c4ccccc34)cc2)n1. The van der Waals surface area contributed by atoms with Gasteiger partial charge >= 0.3 is 0 Å². The molecule has 3 aromatic carbocycles. The molecule has 0 unspecified atom stereocenters. The second-order valence-corrected chi connectivity index (χ2v) is 9.38. The molecule has 9 heteroatoms. The monoisotopic (exact) mass is 541 g/mol. The normalized spacial score (nSPS) is 11.0. The van der Waals surface area contributed by atoms with E-state index in [9.17, 15) is 5.11 Å². The van der Waals surface area contributed by atoms with E-state index in [2.05, 4.69) is 48.7 Å². The first-order chi connectivity index (χ1) is 20.2. The van der Waals surface area contributed by atoms with Gasteiger partial charge in [-0.2, -0.15) is 0 Å². The smallest absolute Gasteiger partial charge is 0.228 e. The van der Waals surface area contributed by atoms with E-state index in [1.54, 1.807) is 18.5 Å². The highest BCUT2D eigenvalue weighted by Gasteiger charge is 2.13. The van der Waals surface area contributed by atoms with Crippen LogP contribution < -0.4 is 15.8 Å². The topological polar surface area (TPSA) is 132 Å². The van der Waals surface area contributed by atoms with Gasteiger partial charge in [0.2, 0.25) is 11.8 Å². The maximum atomic E-state index is 9.20. The standard InChI is InChI=1S/C32H27N7O2/c33-32-35-18-16-28(37-32)27-11-4-17-34-31(27)41-24-14-12-23(13-15-24)36-30-26-10-2-1-9-25(26)29(38-39-30)22-8-3-6-21(20-22)7-5-19-40/h1-4,6,8-18,20,40H,5,7,19H2,(H,36,39)(H2,33,35,37). The number of hydrogen-bond acceptors (Lipinski definition) is 9. The minimum atomic E-state index is 0.170. The molecule has 0 spiro atoms. The Balaban J connectivity index is 1.24. The molecule has 0 aliphatic rings. The predicted octanol–water partition coefficient (Wildman–Crippen LogP) is 6.19. The first-order valence-corrected chi connectivity index (χ1v) is 13.2. The maximum Gasteiger partial charge on any atom is 0.228 e. The fraction of sp³-hybridized carbons (Fsp3) is 0.0938. The van der Waals surface area contributed by atoms with E-state index < -0.39 is 0 Å². The summed E-state index contributed by atoms with van der Waals surface area (Å²) < 4.78 is 6.10. The summed E-state index contributed by atoms with van der Waals surface area (Å²) in [7, 11) is 0. The Bertz CT molecular complexity index is 1810. The molecule has 0 aliphatic carbocycles. The van der Waals surface area contributed by atoms with Gasteiger partial charge in [-0.25, -0.2) is 15.0 Å². The number of fused-ring (bicyclic) bond motifs is 1. The number of anilines is 3. The minimum absolute atomic E-state index is 0.170. The molecule has 41 heavy (non-hydrogen) atoms. The zero-order chi connectivity index (χ0) is 28.0. The molecular formula is C32H27N7O2. The second kappa shape index (κ2) is 11.8. The van der Waals surface area contributed by atoms with Gasteiger partial charge < -0.3 is 20.9 Å². The number of nitrogens with two attached hydrogens (primary N) is 1. The van der Waals surface area contributed by atoms with Crippen molar-refractivity contribution in [2.45, 2.75) is 12.8 Å². The summed E-state index contributed by atoms with van der Waals surface area (Å²) in [6.45, 7) is 0.170. The molecule has 0 bridgehead atoms. The third-order valence-corrected chi connectivity index (χ3v) is 6.56. The molecule has 3 heterocycles. The van der Waals surface area contributed by atoms with Crippen LogP contribution in [0.3, 0.4) is 0 Å². The number of pyridine rings is 1. The quantitative estimate of drug-likeness (QED) is 0.196. The summed E-state index contributed by atoms with van der Waals surface area (Å²) >= 11 is 0. The summed E-state index contributed by atoms with van der Waals surface area (Å²) in [4.78, 5) is 12.6. The molecule has 4 N–H and O–H groups in total. The van der Waals surface area contributed by atoms with Gasteiger partial charge in [0.25, 0.3) is 0 Å². The first kappa shape index (κ1) is 25.8. The number of aryl methyl sites for hydroxylation is 1. The lowest BCUT2D eigenvalue weighted by Gasteiger charge is -2.13. The average Bonchev–Trinajstić information content (AvgIpc) is 3.01. The molecule has 9 nitrogen and oxygen atoms in total. The Labute approximate surface area is 236 Å². The van der Waals surface area contributed by atoms with Crippen LogP contribution in [0.5, 0.6) is 11.6 Å². The van der Waals surface area contributed by atoms with Crippen LogP contribution in [0.1, 0.15) is 12.0 Å². The molecule has 3 aromatic heterocycles. The maximum absolute atomic E-state index is 9.20. The van der Waals surface area contributed by atoms with Crippen molar-refractivity contribution in [3.8, 4) is 34.1 Å².